The zero-order chi connectivity index (χ0) is 22.3. The van der Waals surface area contributed by atoms with Crippen LogP contribution in [0, 0.1) is 0 Å². The molecule has 0 spiro atoms. The lowest BCUT2D eigenvalue weighted by Gasteiger charge is -2.20. The van der Waals surface area contributed by atoms with Crippen LogP contribution in [0.1, 0.15) is 36.0 Å². The number of carbonyl (C=O) groups is 1. The van der Waals surface area contributed by atoms with Crippen LogP contribution in [-0.4, -0.2) is 52.0 Å². The topological polar surface area (TPSA) is 84.9 Å². The molecule has 1 N–H and O–H groups in total. The SMILES string of the molecule is COc1ccccc1OCCNC(=O)c1cc(S(=O)(=O)N2CCCCCC2)ccc1Cl. The Morgan fingerprint density at radius 3 is 2.42 bits per heavy atom. The van der Waals surface area contributed by atoms with E-state index in [1.54, 1.807) is 19.2 Å². The Morgan fingerprint density at radius 1 is 1.06 bits per heavy atom. The summed E-state index contributed by atoms with van der Waals surface area (Å²) in [5, 5.41) is 2.91. The van der Waals surface area contributed by atoms with Gasteiger partial charge >= 0.3 is 0 Å². The summed E-state index contributed by atoms with van der Waals surface area (Å²) in [5.74, 6) is 0.715. The van der Waals surface area contributed by atoms with Crippen molar-refractivity contribution in [2.75, 3.05) is 33.4 Å². The van der Waals surface area contributed by atoms with Gasteiger partial charge in [0.1, 0.15) is 6.61 Å². The van der Waals surface area contributed by atoms with Crippen molar-refractivity contribution in [3.63, 3.8) is 0 Å². The van der Waals surface area contributed by atoms with Gasteiger partial charge in [0.2, 0.25) is 10.0 Å². The average Bonchev–Trinajstić information content (AvgIpc) is 3.07. The Hall–Kier alpha value is -2.29. The summed E-state index contributed by atoms with van der Waals surface area (Å²) in [6, 6.07) is 11.5. The third-order valence-electron chi connectivity index (χ3n) is 5.10. The molecule has 0 radical (unpaired) electrons. The first-order chi connectivity index (χ1) is 14.9. The molecular weight excluding hydrogens is 440 g/mol. The molecule has 1 amide bonds. The molecule has 168 valence electrons. The van der Waals surface area contributed by atoms with Crippen LogP contribution in [-0.2, 0) is 10.0 Å². The van der Waals surface area contributed by atoms with Gasteiger partial charge in [-0.15, -0.1) is 0 Å². The second-order valence-corrected chi connectivity index (χ2v) is 9.56. The van der Waals surface area contributed by atoms with Crippen molar-refractivity contribution in [2.45, 2.75) is 30.6 Å². The van der Waals surface area contributed by atoms with Gasteiger partial charge in [-0.05, 0) is 43.2 Å². The van der Waals surface area contributed by atoms with E-state index in [-0.39, 0.29) is 28.6 Å². The largest absolute Gasteiger partial charge is 0.493 e. The van der Waals surface area contributed by atoms with E-state index in [1.165, 1.54) is 22.5 Å². The fourth-order valence-corrected chi connectivity index (χ4v) is 5.18. The lowest BCUT2D eigenvalue weighted by molar-refractivity contribution is 0.0946. The quantitative estimate of drug-likeness (QED) is 0.599. The van der Waals surface area contributed by atoms with Crippen LogP contribution in [0.4, 0.5) is 0 Å². The van der Waals surface area contributed by atoms with Crippen molar-refractivity contribution in [3.8, 4) is 11.5 Å². The first-order valence-corrected chi connectivity index (χ1v) is 12.1. The molecule has 1 heterocycles. The molecule has 1 aliphatic rings. The molecule has 2 aromatic rings. The minimum Gasteiger partial charge on any atom is -0.493 e. The van der Waals surface area contributed by atoms with E-state index in [0.717, 1.165) is 25.7 Å². The summed E-state index contributed by atoms with van der Waals surface area (Å²) in [6.07, 6.45) is 3.73. The second kappa shape index (κ2) is 10.8. The number of sulfonamides is 1. The van der Waals surface area contributed by atoms with E-state index < -0.39 is 15.9 Å². The van der Waals surface area contributed by atoms with Crippen LogP contribution in [0.3, 0.4) is 0 Å². The number of halogens is 1. The summed E-state index contributed by atoms with van der Waals surface area (Å²) < 4.78 is 38.4. The van der Waals surface area contributed by atoms with E-state index in [1.807, 2.05) is 12.1 Å². The molecule has 9 heteroatoms. The molecule has 3 rings (SSSR count). The van der Waals surface area contributed by atoms with Gasteiger partial charge in [-0.3, -0.25) is 4.79 Å². The van der Waals surface area contributed by atoms with Crippen molar-refractivity contribution in [1.29, 1.82) is 0 Å². The molecule has 1 fully saturated rings. The van der Waals surface area contributed by atoms with Gasteiger partial charge in [0.15, 0.2) is 11.5 Å². The molecule has 0 bridgehead atoms. The molecule has 1 aliphatic heterocycles. The lowest BCUT2D eigenvalue weighted by Crippen LogP contribution is -2.32. The Bertz CT molecular complexity index is 1000. The monoisotopic (exact) mass is 466 g/mol. The number of para-hydroxylation sites is 2. The van der Waals surface area contributed by atoms with Gasteiger partial charge in [0.25, 0.3) is 5.91 Å². The fourth-order valence-electron chi connectivity index (χ4n) is 3.43. The van der Waals surface area contributed by atoms with E-state index >= 15 is 0 Å². The number of benzene rings is 2. The van der Waals surface area contributed by atoms with E-state index in [4.69, 9.17) is 21.1 Å². The van der Waals surface area contributed by atoms with Gasteiger partial charge in [-0.1, -0.05) is 36.6 Å². The van der Waals surface area contributed by atoms with Crippen LogP contribution in [0.2, 0.25) is 5.02 Å². The summed E-state index contributed by atoms with van der Waals surface area (Å²) >= 11 is 6.18. The van der Waals surface area contributed by atoms with Crippen LogP contribution >= 0.6 is 11.6 Å². The first kappa shape index (κ1) is 23.4. The predicted molar refractivity (Wildman–Crippen MR) is 120 cm³/mol. The van der Waals surface area contributed by atoms with Gasteiger partial charge in [0, 0.05) is 13.1 Å². The maximum atomic E-state index is 13.0. The number of hydrogen-bond donors (Lipinski definition) is 1. The highest BCUT2D eigenvalue weighted by molar-refractivity contribution is 7.89. The molecule has 0 aliphatic carbocycles. The summed E-state index contributed by atoms with van der Waals surface area (Å²) in [6.45, 7) is 1.42. The van der Waals surface area contributed by atoms with Gasteiger partial charge in [-0.25, -0.2) is 8.42 Å². The number of hydrogen-bond acceptors (Lipinski definition) is 5. The molecular formula is C22H27ClN2O5S. The third-order valence-corrected chi connectivity index (χ3v) is 7.32. The maximum absolute atomic E-state index is 13.0. The van der Waals surface area contributed by atoms with E-state index in [9.17, 15) is 13.2 Å². The fraction of sp³-hybridized carbons (Fsp3) is 0.409. The Labute approximate surface area is 188 Å². The first-order valence-electron chi connectivity index (χ1n) is 10.3. The maximum Gasteiger partial charge on any atom is 0.252 e. The highest BCUT2D eigenvalue weighted by Crippen LogP contribution is 2.26. The van der Waals surface area contributed by atoms with Crippen LogP contribution in [0.25, 0.3) is 0 Å². The zero-order valence-electron chi connectivity index (χ0n) is 17.5. The van der Waals surface area contributed by atoms with Gasteiger partial charge < -0.3 is 14.8 Å². The molecule has 31 heavy (non-hydrogen) atoms. The van der Waals surface area contributed by atoms with Crippen molar-refractivity contribution in [3.05, 3.63) is 53.1 Å². The number of nitrogens with one attached hydrogen (secondary N) is 1. The van der Waals surface area contributed by atoms with Crippen molar-refractivity contribution in [1.82, 2.24) is 9.62 Å². The second-order valence-electron chi connectivity index (χ2n) is 7.22. The molecule has 2 aromatic carbocycles. The molecule has 0 aromatic heterocycles. The number of methoxy groups -OCH3 is 1. The molecule has 0 atom stereocenters. The van der Waals surface area contributed by atoms with E-state index in [0.29, 0.717) is 24.6 Å². The zero-order valence-corrected chi connectivity index (χ0v) is 19.0. The molecule has 7 nitrogen and oxygen atoms in total. The van der Waals surface area contributed by atoms with Crippen LogP contribution < -0.4 is 14.8 Å². The average molecular weight is 467 g/mol. The lowest BCUT2D eigenvalue weighted by atomic mass is 10.2. The van der Waals surface area contributed by atoms with Crippen molar-refractivity contribution < 1.29 is 22.7 Å². The third kappa shape index (κ3) is 5.90. The number of ether oxygens (including phenoxy) is 2. The molecule has 1 saturated heterocycles. The molecule has 0 unspecified atom stereocenters. The van der Waals surface area contributed by atoms with Crippen LogP contribution in [0.15, 0.2) is 47.4 Å². The smallest absolute Gasteiger partial charge is 0.252 e. The normalized spacial score (nSPS) is 15.2. The predicted octanol–water partition coefficient (Wildman–Crippen LogP) is 3.72. The highest BCUT2D eigenvalue weighted by atomic mass is 35.5. The Morgan fingerprint density at radius 2 is 1.74 bits per heavy atom. The summed E-state index contributed by atoms with van der Waals surface area (Å²) in [4.78, 5) is 12.7. The Kier molecular flexibility index (Phi) is 8.17. The van der Waals surface area contributed by atoms with E-state index in [2.05, 4.69) is 5.32 Å². The summed E-state index contributed by atoms with van der Waals surface area (Å²) in [7, 11) is -2.12. The summed E-state index contributed by atoms with van der Waals surface area (Å²) in [5.41, 5.74) is 0.120. The van der Waals surface area contributed by atoms with Gasteiger partial charge in [0.05, 0.1) is 29.1 Å². The number of rotatable bonds is 8. The van der Waals surface area contributed by atoms with Crippen LogP contribution in [0.5, 0.6) is 11.5 Å². The standard InChI is InChI=1S/C22H27ClN2O5S/c1-29-20-8-4-5-9-21(20)30-15-12-24-22(26)18-16-17(10-11-19(18)23)31(27,28)25-13-6-2-3-7-14-25/h4-5,8-11,16H,2-3,6-7,12-15H2,1H3,(H,24,26). The number of carbonyl (C=O) groups excluding carboxylic acids is 1. The molecule has 0 saturated carbocycles. The minimum atomic E-state index is -3.67. The van der Waals surface area contributed by atoms with Gasteiger partial charge in [-0.2, -0.15) is 4.31 Å². The minimum absolute atomic E-state index is 0.0780. The van der Waals surface area contributed by atoms with Crippen molar-refractivity contribution >= 4 is 27.5 Å². The Balaban J connectivity index is 1.64. The number of nitrogens with zero attached hydrogens (tertiary/aromatic N) is 1. The highest BCUT2D eigenvalue weighted by Gasteiger charge is 2.26. The van der Waals surface area contributed by atoms with Crippen molar-refractivity contribution in [2.24, 2.45) is 0 Å². The number of amides is 1.